The number of halogens is 2. The maximum Gasteiger partial charge on any atom is 0.0640 e. The summed E-state index contributed by atoms with van der Waals surface area (Å²) < 4.78 is 0. The Morgan fingerprint density at radius 1 is 1.33 bits per heavy atom. The van der Waals surface area contributed by atoms with Crippen LogP contribution in [0.1, 0.15) is 18.5 Å². The first-order valence-corrected chi connectivity index (χ1v) is 6.87. The molecule has 0 aliphatic carbocycles. The minimum atomic E-state index is 0.324. The molecule has 1 aromatic rings. The van der Waals surface area contributed by atoms with Crippen molar-refractivity contribution in [1.29, 1.82) is 0 Å². The maximum absolute atomic E-state index is 6.19. The molecule has 2 rings (SSSR count). The fourth-order valence-corrected chi connectivity index (χ4v) is 3.31. The third kappa shape index (κ3) is 2.62. The molecule has 1 aliphatic heterocycles. The van der Waals surface area contributed by atoms with Crippen LogP contribution in [0, 0.1) is 0 Å². The Hall–Kier alpha value is 0.110. The third-order valence-corrected chi connectivity index (χ3v) is 4.63. The lowest BCUT2D eigenvalue weighted by molar-refractivity contribution is 0.503. The molecular weight excluding hydrogens is 249 g/mol. The summed E-state index contributed by atoms with van der Waals surface area (Å²) in [5.41, 5.74) is 1.11. The van der Waals surface area contributed by atoms with Crippen molar-refractivity contribution in [2.24, 2.45) is 0 Å². The van der Waals surface area contributed by atoms with E-state index in [2.05, 4.69) is 12.2 Å². The smallest absolute Gasteiger partial charge is 0.0640 e. The molecule has 1 saturated heterocycles. The number of rotatable bonds is 1. The Morgan fingerprint density at radius 3 is 2.87 bits per heavy atom. The first-order valence-electron chi connectivity index (χ1n) is 4.96. The van der Waals surface area contributed by atoms with Gasteiger partial charge < -0.3 is 5.32 Å². The van der Waals surface area contributed by atoms with Gasteiger partial charge in [-0.3, -0.25) is 0 Å². The van der Waals surface area contributed by atoms with Gasteiger partial charge in [-0.1, -0.05) is 35.3 Å². The third-order valence-electron chi connectivity index (χ3n) is 2.49. The topological polar surface area (TPSA) is 12.0 Å². The molecule has 0 amide bonds. The van der Waals surface area contributed by atoms with Gasteiger partial charge >= 0.3 is 0 Å². The molecule has 0 bridgehead atoms. The first-order chi connectivity index (χ1) is 7.18. The maximum atomic E-state index is 6.19. The predicted octanol–water partition coefficient (Wildman–Crippen LogP) is 3.76. The summed E-state index contributed by atoms with van der Waals surface area (Å²) in [4.78, 5) is 0. The van der Waals surface area contributed by atoms with Crippen molar-refractivity contribution in [2.75, 3.05) is 11.5 Å². The van der Waals surface area contributed by atoms with Crippen LogP contribution in [0.5, 0.6) is 0 Å². The van der Waals surface area contributed by atoms with Gasteiger partial charge in [-0.05, 0) is 18.6 Å². The molecule has 1 aliphatic rings. The average Bonchev–Trinajstić information content (AvgIpc) is 2.22. The van der Waals surface area contributed by atoms with E-state index in [0.29, 0.717) is 22.1 Å². The largest absolute Gasteiger partial charge is 0.306 e. The molecule has 4 heteroatoms. The summed E-state index contributed by atoms with van der Waals surface area (Å²) in [6, 6.07) is 6.68. The van der Waals surface area contributed by atoms with Crippen molar-refractivity contribution in [2.45, 2.75) is 19.0 Å². The summed E-state index contributed by atoms with van der Waals surface area (Å²) in [6.07, 6.45) is 0. The zero-order valence-corrected chi connectivity index (χ0v) is 10.8. The molecule has 0 saturated carbocycles. The summed E-state index contributed by atoms with van der Waals surface area (Å²) in [7, 11) is 0. The van der Waals surface area contributed by atoms with Gasteiger partial charge in [-0.15, -0.1) is 0 Å². The van der Waals surface area contributed by atoms with Gasteiger partial charge in [0.05, 0.1) is 10.0 Å². The van der Waals surface area contributed by atoms with Crippen molar-refractivity contribution >= 4 is 35.0 Å². The van der Waals surface area contributed by atoms with E-state index in [1.165, 1.54) is 0 Å². The van der Waals surface area contributed by atoms with E-state index >= 15 is 0 Å². The molecule has 1 heterocycles. The molecule has 1 N–H and O–H groups in total. The van der Waals surface area contributed by atoms with E-state index in [1.54, 1.807) is 0 Å². The lowest BCUT2D eigenvalue weighted by atomic mass is 10.1. The number of benzene rings is 1. The quantitative estimate of drug-likeness (QED) is 0.827. The Balaban J connectivity index is 2.24. The average molecular weight is 262 g/mol. The number of hydrogen-bond donors (Lipinski definition) is 1. The van der Waals surface area contributed by atoms with E-state index in [1.807, 2.05) is 30.0 Å². The Morgan fingerprint density at radius 2 is 2.13 bits per heavy atom. The van der Waals surface area contributed by atoms with E-state index in [9.17, 15) is 0 Å². The predicted molar refractivity (Wildman–Crippen MR) is 69.1 cm³/mol. The van der Waals surface area contributed by atoms with Crippen molar-refractivity contribution in [1.82, 2.24) is 5.32 Å². The highest BCUT2D eigenvalue weighted by molar-refractivity contribution is 7.99. The van der Waals surface area contributed by atoms with Crippen molar-refractivity contribution in [3.63, 3.8) is 0 Å². The lowest BCUT2D eigenvalue weighted by Gasteiger charge is -2.29. The fraction of sp³-hybridized carbons (Fsp3) is 0.455. The monoisotopic (exact) mass is 261 g/mol. The van der Waals surface area contributed by atoms with E-state index in [0.717, 1.165) is 17.1 Å². The van der Waals surface area contributed by atoms with Gasteiger partial charge in [0.2, 0.25) is 0 Å². The minimum Gasteiger partial charge on any atom is -0.306 e. The second kappa shape index (κ2) is 4.96. The van der Waals surface area contributed by atoms with Gasteiger partial charge in [0.25, 0.3) is 0 Å². The highest BCUT2D eigenvalue weighted by Gasteiger charge is 2.22. The zero-order valence-electron chi connectivity index (χ0n) is 8.47. The molecule has 15 heavy (non-hydrogen) atoms. The fourth-order valence-electron chi connectivity index (χ4n) is 1.77. The first kappa shape index (κ1) is 11.6. The normalized spacial score (nSPS) is 26.6. The number of hydrogen-bond acceptors (Lipinski definition) is 2. The summed E-state index contributed by atoms with van der Waals surface area (Å²) in [5.74, 6) is 2.22. The van der Waals surface area contributed by atoms with Crippen LogP contribution in [0.4, 0.5) is 0 Å². The van der Waals surface area contributed by atoms with Crippen LogP contribution in [0.3, 0.4) is 0 Å². The molecule has 2 atom stereocenters. The van der Waals surface area contributed by atoms with E-state index < -0.39 is 0 Å². The van der Waals surface area contributed by atoms with Gasteiger partial charge in [-0.2, -0.15) is 11.8 Å². The number of thioether (sulfide) groups is 1. The lowest BCUT2D eigenvalue weighted by Crippen LogP contribution is -2.38. The van der Waals surface area contributed by atoms with Crippen molar-refractivity contribution in [3.8, 4) is 0 Å². The minimum absolute atomic E-state index is 0.324. The van der Waals surface area contributed by atoms with Crippen LogP contribution >= 0.6 is 35.0 Å². The molecule has 1 fully saturated rings. The number of nitrogens with one attached hydrogen (secondary N) is 1. The standard InChI is InChI=1S/C11H13Cl2NS/c1-7-5-15-6-10(14-7)8-3-2-4-9(12)11(8)13/h2-4,7,10,14H,5-6H2,1H3. The second-order valence-corrected chi connectivity index (χ2v) is 5.66. The molecular formula is C11H13Cl2NS. The molecule has 0 spiro atoms. The summed E-state index contributed by atoms with van der Waals surface area (Å²) >= 11 is 14.2. The SMILES string of the molecule is CC1CSCC(c2cccc(Cl)c2Cl)N1. The van der Waals surface area contributed by atoms with Gasteiger partial charge in [0.15, 0.2) is 0 Å². The second-order valence-electron chi connectivity index (χ2n) is 3.80. The summed E-state index contributed by atoms with van der Waals surface area (Å²) in [5, 5.41) is 4.86. The van der Waals surface area contributed by atoms with Crippen LogP contribution in [0.2, 0.25) is 10.0 Å². The van der Waals surface area contributed by atoms with Crippen LogP contribution in [-0.4, -0.2) is 17.5 Å². The van der Waals surface area contributed by atoms with Crippen molar-refractivity contribution in [3.05, 3.63) is 33.8 Å². The van der Waals surface area contributed by atoms with Crippen LogP contribution in [0.25, 0.3) is 0 Å². The molecule has 1 nitrogen and oxygen atoms in total. The van der Waals surface area contributed by atoms with Crippen LogP contribution < -0.4 is 5.32 Å². The molecule has 2 unspecified atom stereocenters. The Kier molecular flexibility index (Phi) is 3.83. The van der Waals surface area contributed by atoms with Gasteiger partial charge in [-0.25, -0.2) is 0 Å². The van der Waals surface area contributed by atoms with Crippen LogP contribution in [-0.2, 0) is 0 Å². The summed E-state index contributed by atoms with van der Waals surface area (Å²) in [6.45, 7) is 2.19. The zero-order chi connectivity index (χ0) is 10.8. The van der Waals surface area contributed by atoms with E-state index in [4.69, 9.17) is 23.2 Å². The molecule has 0 radical (unpaired) electrons. The highest BCUT2D eigenvalue weighted by atomic mass is 35.5. The van der Waals surface area contributed by atoms with Crippen LogP contribution in [0.15, 0.2) is 18.2 Å². The van der Waals surface area contributed by atoms with Gasteiger partial charge in [0.1, 0.15) is 0 Å². The molecule has 1 aromatic carbocycles. The van der Waals surface area contributed by atoms with Crippen molar-refractivity contribution < 1.29 is 0 Å². The molecule has 82 valence electrons. The molecule has 0 aromatic heterocycles. The highest BCUT2D eigenvalue weighted by Crippen LogP contribution is 2.33. The van der Waals surface area contributed by atoms with E-state index in [-0.39, 0.29) is 0 Å². The Labute approximate surface area is 105 Å². The van der Waals surface area contributed by atoms with Gasteiger partial charge in [0, 0.05) is 23.6 Å². The Bertz CT molecular complexity index is 356.